The van der Waals surface area contributed by atoms with E-state index >= 15 is 0 Å². The normalized spacial score (nSPS) is 13.0. The number of ether oxygens (including phenoxy) is 1. The van der Waals surface area contributed by atoms with E-state index in [4.69, 9.17) is 4.74 Å². The summed E-state index contributed by atoms with van der Waals surface area (Å²) in [6.07, 6.45) is 56.8. The highest BCUT2D eigenvalue weighted by Gasteiger charge is 2.20. The fourth-order valence-electron chi connectivity index (χ4n) is 7.49. The Morgan fingerprint density at radius 2 is 0.862 bits per heavy atom. The smallest absolute Gasteiger partial charge is 0.305 e. The summed E-state index contributed by atoms with van der Waals surface area (Å²) >= 11 is 0. The Bertz CT molecular complexity index is 946. The van der Waals surface area contributed by atoms with Crippen LogP contribution in [-0.4, -0.2) is 47.4 Å². The summed E-state index contributed by atoms with van der Waals surface area (Å²) in [6.45, 7) is 4.83. The molecule has 0 spiro atoms. The molecule has 0 aromatic heterocycles. The zero-order valence-corrected chi connectivity index (χ0v) is 38.5. The summed E-state index contributed by atoms with van der Waals surface area (Å²) in [5, 5.41) is 23.1. The van der Waals surface area contributed by atoms with Crippen LogP contribution >= 0.6 is 0 Å². The number of amides is 1. The van der Waals surface area contributed by atoms with Crippen LogP contribution in [0.4, 0.5) is 0 Å². The number of allylic oxidation sites excluding steroid dienone is 6. The maximum absolute atomic E-state index is 12.4. The van der Waals surface area contributed by atoms with E-state index in [1.165, 1.54) is 141 Å². The van der Waals surface area contributed by atoms with Gasteiger partial charge in [-0.25, -0.2) is 0 Å². The molecular formula is C52H97NO5. The molecular weight excluding hydrogens is 719 g/mol. The fourth-order valence-corrected chi connectivity index (χ4v) is 7.49. The zero-order valence-electron chi connectivity index (χ0n) is 38.5. The standard InChI is InChI=1S/C52H97NO5/c1-3-5-7-9-11-13-15-17-18-19-20-21-23-25-30-34-38-42-46-52(57)58-47-43-39-35-31-27-26-29-33-37-41-45-51(56)53-49(48-54)50(55)44-40-36-32-28-24-22-16-14-12-10-8-6-4-2/h13,15,18-19,27,31,49-50,54-55H,3-12,14,16-17,20-26,28-30,32-48H2,1-2H3,(H,53,56)/b15-13-,19-18-,31-27-. The summed E-state index contributed by atoms with van der Waals surface area (Å²) in [7, 11) is 0. The molecule has 6 heteroatoms. The summed E-state index contributed by atoms with van der Waals surface area (Å²) in [6, 6.07) is -0.567. The average molecular weight is 816 g/mol. The molecule has 1 amide bonds. The number of aliphatic hydroxyl groups is 2. The van der Waals surface area contributed by atoms with Crippen LogP contribution < -0.4 is 5.32 Å². The first-order valence-corrected chi connectivity index (χ1v) is 25.2. The summed E-state index contributed by atoms with van der Waals surface area (Å²) < 4.78 is 5.43. The van der Waals surface area contributed by atoms with Crippen LogP contribution in [0.2, 0.25) is 0 Å². The van der Waals surface area contributed by atoms with Gasteiger partial charge < -0.3 is 20.3 Å². The van der Waals surface area contributed by atoms with E-state index in [1.54, 1.807) is 0 Å². The first kappa shape index (κ1) is 56.1. The Balaban J connectivity index is 3.53. The lowest BCUT2D eigenvalue weighted by atomic mass is 10.0. The Hall–Kier alpha value is -1.92. The van der Waals surface area contributed by atoms with Gasteiger partial charge in [0.2, 0.25) is 5.91 Å². The third-order valence-electron chi connectivity index (χ3n) is 11.4. The molecule has 58 heavy (non-hydrogen) atoms. The number of hydrogen-bond donors (Lipinski definition) is 3. The van der Waals surface area contributed by atoms with E-state index in [2.05, 4.69) is 55.6 Å². The molecule has 6 nitrogen and oxygen atoms in total. The van der Waals surface area contributed by atoms with Crippen molar-refractivity contribution in [3.8, 4) is 0 Å². The molecule has 0 saturated heterocycles. The van der Waals surface area contributed by atoms with Gasteiger partial charge in [-0.05, 0) is 83.5 Å². The molecule has 0 aliphatic heterocycles. The van der Waals surface area contributed by atoms with Gasteiger partial charge >= 0.3 is 5.97 Å². The van der Waals surface area contributed by atoms with E-state index in [1.807, 2.05) is 0 Å². The van der Waals surface area contributed by atoms with Crippen LogP contribution in [0.25, 0.3) is 0 Å². The van der Waals surface area contributed by atoms with E-state index < -0.39 is 12.1 Å². The third-order valence-corrected chi connectivity index (χ3v) is 11.4. The zero-order chi connectivity index (χ0) is 42.3. The highest BCUT2D eigenvalue weighted by Crippen LogP contribution is 2.15. The van der Waals surface area contributed by atoms with Crippen LogP contribution in [0.1, 0.15) is 258 Å². The summed E-state index contributed by atoms with van der Waals surface area (Å²) in [5.41, 5.74) is 0. The molecule has 0 aliphatic carbocycles. The first-order chi connectivity index (χ1) is 28.5. The molecule has 0 aliphatic rings. The van der Waals surface area contributed by atoms with Gasteiger partial charge in [0.15, 0.2) is 0 Å². The maximum Gasteiger partial charge on any atom is 0.305 e. The second kappa shape index (κ2) is 47.8. The van der Waals surface area contributed by atoms with Crippen molar-refractivity contribution in [3.05, 3.63) is 36.5 Å². The molecule has 0 radical (unpaired) electrons. The first-order valence-electron chi connectivity index (χ1n) is 25.2. The van der Waals surface area contributed by atoms with E-state index in [0.717, 1.165) is 83.5 Å². The van der Waals surface area contributed by atoms with Crippen molar-refractivity contribution >= 4 is 11.9 Å². The largest absolute Gasteiger partial charge is 0.466 e. The van der Waals surface area contributed by atoms with Gasteiger partial charge in [0.25, 0.3) is 0 Å². The number of esters is 1. The number of carbonyl (C=O) groups excluding carboxylic acids is 2. The number of rotatable bonds is 46. The predicted octanol–water partition coefficient (Wildman–Crippen LogP) is 14.9. The maximum atomic E-state index is 12.4. The topological polar surface area (TPSA) is 95.9 Å². The van der Waals surface area contributed by atoms with Gasteiger partial charge in [-0.3, -0.25) is 9.59 Å². The lowest BCUT2D eigenvalue weighted by molar-refractivity contribution is -0.143. The Morgan fingerprint density at radius 3 is 1.34 bits per heavy atom. The van der Waals surface area contributed by atoms with Gasteiger partial charge in [-0.2, -0.15) is 0 Å². The average Bonchev–Trinajstić information content (AvgIpc) is 3.22. The fraction of sp³-hybridized carbons (Fsp3) is 0.846. The van der Waals surface area contributed by atoms with Crippen molar-refractivity contribution < 1.29 is 24.5 Å². The van der Waals surface area contributed by atoms with E-state index in [-0.39, 0.29) is 18.5 Å². The predicted molar refractivity (Wildman–Crippen MR) is 250 cm³/mol. The minimum atomic E-state index is -0.686. The molecule has 0 aromatic carbocycles. The van der Waals surface area contributed by atoms with Crippen molar-refractivity contribution in [3.63, 3.8) is 0 Å². The molecule has 3 N–H and O–H groups in total. The highest BCUT2D eigenvalue weighted by molar-refractivity contribution is 5.76. The molecule has 0 saturated carbocycles. The minimum Gasteiger partial charge on any atom is -0.466 e. The number of nitrogens with one attached hydrogen (secondary N) is 1. The van der Waals surface area contributed by atoms with E-state index in [0.29, 0.717) is 25.9 Å². The second-order valence-corrected chi connectivity index (χ2v) is 17.1. The highest BCUT2D eigenvalue weighted by atomic mass is 16.5. The lowest BCUT2D eigenvalue weighted by Crippen LogP contribution is -2.45. The SMILES string of the molecule is CCCCCC/C=C\C/C=C\CCCCCCCCCC(=O)OCCCC/C=C\CCCCCCC(=O)NC(CO)C(O)CCCCCCCCCCCCCCC. The molecule has 0 bridgehead atoms. The quantitative estimate of drug-likeness (QED) is 0.0323. The Labute approximate surface area is 360 Å². The van der Waals surface area contributed by atoms with Gasteiger partial charge in [0, 0.05) is 12.8 Å². The van der Waals surface area contributed by atoms with Crippen LogP contribution in [0.15, 0.2) is 36.5 Å². The molecule has 2 unspecified atom stereocenters. The molecule has 0 fully saturated rings. The monoisotopic (exact) mass is 816 g/mol. The summed E-state index contributed by atoms with van der Waals surface area (Å²) in [5.74, 6) is -0.117. The number of hydrogen-bond acceptors (Lipinski definition) is 5. The summed E-state index contributed by atoms with van der Waals surface area (Å²) in [4.78, 5) is 24.5. The number of aliphatic hydroxyl groups excluding tert-OH is 2. The molecule has 340 valence electrons. The molecule has 2 atom stereocenters. The van der Waals surface area contributed by atoms with Crippen LogP contribution in [0.5, 0.6) is 0 Å². The molecule has 0 heterocycles. The minimum absolute atomic E-state index is 0.0443. The van der Waals surface area contributed by atoms with Crippen molar-refractivity contribution in [2.24, 2.45) is 0 Å². The van der Waals surface area contributed by atoms with Gasteiger partial charge in [-0.15, -0.1) is 0 Å². The Kier molecular flexibility index (Phi) is 46.2. The van der Waals surface area contributed by atoms with Crippen LogP contribution in [0.3, 0.4) is 0 Å². The van der Waals surface area contributed by atoms with Crippen molar-refractivity contribution in [1.29, 1.82) is 0 Å². The van der Waals surface area contributed by atoms with Gasteiger partial charge in [0.1, 0.15) is 0 Å². The second-order valence-electron chi connectivity index (χ2n) is 17.1. The molecule has 0 aromatic rings. The van der Waals surface area contributed by atoms with Crippen molar-refractivity contribution in [1.82, 2.24) is 5.32 Å². The van der Waals surface area contributed by atoms with E-state index in [9.17, 15) is 19.8 Å². The van der Waals surface area contributed by atoms with Crippen LogP contribution in [-0.2, 0) is 14.3 Å². The third kappa shape index (κ3) is 43.7. The number of carbonyl (C=O) groups is 2. The Morgan fingerprint density at radius 1 is 0.483 bits per heavy atom. The number of unbranched alkanes of at least 4 members (excludes halogenated alkanes) is 29. The van der Waals surface area contributed by atoms with Gasteiger partial charge in [0.05, 0.1) is 25.4 Å². The lowest BCUT2D eigenvalue weighted by Gasteiger charge is -2.22. The van der Waals surface area contributed by atoms with Crippen molar-refractivity contribution in [2.75, 3.05) is 13.2 Å². The van der Waals surface area contributed by atoms with Crippen LogP contribution in [0, 0.1) is 0 Å². The molecule has 0 rings (SSSR count). The van der Waals surface area contributed by atoms with Gasteiger partial charge in [-0.1, -0.05) is 198 Å². The van der Waals surface area contributed by atoms with Crippen molar-refractivity contribution in [2.45, 2.75) is 270 Å².